The maximum absolute atomic E-state index is 6.19. The van der Waals surface area contributed by atoms with Gasteiger partial charge >= 0.3 is 0 Å². The van der Waals surface area contributed by atoms with Crippen LogP contribution in [0.15, 0.2) is 36.4 Å². The van der Waals surface area contributed by atoms with E-state index in [4.69, 9.17) is 27.9 Å². The normalized spacial score (nSPS) is 20.7. The van der Waals surface area contributed by atoms with E-state index in [1.165, 1.54) is 16.7 Å². The maximum Gasteiger partial charge on any atom is 0.0954 e. The Morgan fingerprint density at radius 2 is 2.00 bits per heavy atom. The number of fused-ring (bicyclic) bond motifs is 1. The molecule has 0 radical (unpaired) electrons. The van der Waals surface area contributed by atoms with Gasteiger partial charge in [0.05, 0.1) is 22.8 Å². The molecule has 1 aliphatic heterocycles. The molecule has 2 aromatic carbocycles. The summed E-state index contributed by atoms with van der Waals surface area (Å²) in [5.41, 5.74) is 5.02. The predicted octanol–water partition coefficient (Wildman–Crippen LogP) is 4.72. The van der Waals surface area contributed by atoms with Crippen molar-refractivity contribution >= 4 is 23.2 Å². The van der Waals surface area contributed by atoms with Gasteiger partial charge in [0, 0.05) is 12.5 Å². The van der Waals surface area contributed by atoms with Crippen molar-refractivity contribution in [3.8, 4) is 0 Å². The van der Waals surface area contributed by atoms with Crippen molar-refractivity contribution in [2.24, 2.45) is 0 Å². The van der Waals surface area contributed by atoms with Gasteiger partial charge in [0.25, 0.3) is 0 Å². The summed E-state index contributed by atoms with van der Waals surface area (Å²) >= 11 is 12.2. The number of hydrogen-bond acceptors (Lipinski definition) is 2. The molecule has 0 fully saturated rings. The first-order chi connectivity index (χ1) is 10.6. The molecule has 0 amide bonds. The van der Waals surface area contributed by atoms with Crippen LogP contribution >= 0.6 is 23.2 Å². The van der Waals surface area contributed by atoms with Crippen molar-refractivity contribution in [1.82, 2.24) is 5.32 Å². The third-order valence-electron chi connectivity index (χ3n) is 4.25. The summed E-state index contributed by atoms with van der Waals surface area (Å²) in [4.78, 5) is 0. The van der Waals surface area contributed by atoms with Crippen LogP contribution in [0.1, 0.15) is 34.3 Å². The Labute approximate surface area is 141 Å². The van der Waals surface area contributed by atoms with Gasteiger partial charge in [0.15, 0.2) is 0 Å². The lowest BCUT2D eigenvalue weighted by Crippen LogP contribution is -2.29. The van der Waals surface area contributed by atoms with Gasteiger partial charge in [-0.3, -0.25) is 0 Å². The lowest BCUT2D eigenvalue weighted by molar-refractivity contribution is 0.0348. The standard InChI is InChI=1S/C18H19Cl2NO/c1-11-4-3-5-13-14(10-22-17(9-21-2)18(11)13)12-6-7-15(19)16(20)8-12/h3-8,14,17,21H,9-10H2,1-2H3. The third kappa shape index (κ3) is 2.89. The minimum Gasteiger partial charge on any atom is -0.371 e. The molecule has 3 rings (SSSR count). The summed E-state index contributed by atoms with van der Waals surface area (Å²) in [6, 6.07) is 12.3. The molecule has 2 unspecified atom stereocenters. The number of hydrogen-bond donors (Lipinski definition) is 1. The van der Waals surface area contributed by atoms with E-state index in [1.54, 1.807) is 0 Å². The molecule has 1 heterocycles. The molecule has 1 N–H and O–H groups in total. The summed E-state index contributed by atoms with van der Waals surface area (Å²) in [5.74, 6) is 0.192. The Bertz CT molecular complexity index is 687. The van der Waals surface area contributed by atoms with Crippen molar-refractivity contribution in [2.75, 3.05) is 20.2 Å². The Morgan fingerprint density at radius 3 is 2.73 bits per heavy atom. The van der Waals surface area contributed by atoms with Gasteiger partial charge in [0.2, 0.25) is 0 Å². The van der Waals surface area contributed by atoms with E-state index >= 15 is 0 Å². The van der Waals surface area contributed by atoms with Crippen molar-refractivity contribution in [3.63, 3.8) is 0 Å². The van der Waals surface area contributed by atoms with E-state index in [-0.39, 0.29) is 12.0 Å². The highest BCUT2D eigenvalue weighted by Gasteiger charge is 2.29. The molecule has 0 saturated heterocycles. The van der Waals surface area contributed by atoms with Crippen LogP contribution in [0.5, 0.6) is 0 Å². The van der Waals surface area contributed by atoms with Gasteiger partial charge in [-0.2, -0.15) is 0 Å². The fraction of sp³-hybridized carbons (Fsp3) is 0.333. The summed E-state index contributed by atoms with van der Waals surface area (Å²) in [5, 5.41) is 4.38. The quantitative estimate of drug-likeness (QED) is 0.875. The highest BCUT2D eigenvalue weighted by Crippen LogP contribution is 2.40. The summed E-state index contributed by atoms with van der Waals surface area (Å²) in [7, 11) is 1.95. The van der Waals surface area contributed by atoms with E-state index in [1.807, 2.05) is 25.2 Å². The minimum absolute atomic E-state index is 0.0974. The van der Waals surface area contributed by atoms with Crippen molar-refractivity contribution < 1.29 is 4.74 Å². The van der Waals surface area contributed by atoms with Crippen LogP contribution < -0.4 is 5.32 Å². The van der Waals surface area contributed by atoms with Gasteiger partial charge in [-0.05, 0) is 48.4 Å². The smallest absolute Gasteiger partial charge is 0.0954 e. The molecule has 0 aromatic heterocycles. The van der Waals surface area contributed by atoms with Crippen LogP contribution in [0.3, 0.4) is 0 Å². The number of ether oxygens (including phenoxy) is 1. The van der Waals surface area contributed by atoms with E-state index in [0.717, 1.165) is 12.1 Å². The number of nitrogens with one attached hydrogen (secondary N) is 1. The second kappa shape index (κ2) is 6.59. The fourth-order valence-corrected chi connectivity index (χ4v) is 3.49. The zero-order chi connectivity index (χ0) is 15.7. The van der Waals surface area contributed by atoms with Crippen molar-refractivity contribution in [3.05, 3.63) is 68.7 Å². The van der Waals surface area contributed by atoms with Gasteiger partial charge in [-0.25, -0.2) is 0 Å². The number of aryl methyl sites for hydroxylation is 1. The van der Waals surface area contributed by atoms with Gasteiger partial charge < -0.3 is 10.1 Å². The first-order valence-corrected chi connectivity index (χ1v) is 8.18. The molecule has 1 aliphatic rings. The van der Waals surface area contributed by atoms with Gasteiger partial charge in [-0.15, -0.1) is 0 Å². The molecule has 2 aromatic rings. The average Bonchev–Trinajstić information content (AvgIpc) is 2.51. The number of benzene rings is 2. The zero-order valence-corrected chi connectivity index (χ0v) is 14.2. The van der Waals surface area contributed by atoms with Gasteiger partial charge in [-0.1, -0.05) is 47.5 Å². The van der Waals surface area contributed by atoms with E-state index in [9.17, 15) is 0 Å². The van der Waals surface area contributed by atoms with Crippen LogP contribution in [0.4, 0.5) is 0 Å². The van der Waals surface area contributed by atoms with Gasteiger partial charge in [0.1, 0.15) is 0 Å². The topological polar surface area (TPSA) is 21.3 Å². The lowest BCUT2D eigenvalue weighted by Gasteiger charge is -2.33. The molecule has 2 nitrogen and oxygen atoms in total. The van der Waals surface area contributed by atoms with Crippen LogP contribution in [0.25, 0.3) is 0 Å². The number of rotatable bonds is 3. The molecular weight excluding hydrogens is 317 g/mol. The van der Waals surface area contributed by atoms with Crippen molar-refractivity contribution in [2.45, 2.75) is 18.9 Å². The van der Waals surface area contributed by atoms with Crippen LogP contribution in [0, 0.1) is 6.92 Å². The highest BCUT2D eigenvalue weighted by atomic mass is 35.5. The monoisotopic (exact) mass is 335 g/mol. The Hall–Kier alpha value is -1.06. The lowest BCUT2D eigenvalue weighted by atomic mass is 9.83. The predicted molar refractivity (Wildman–Crippen MR) is 92.1 cm³/mol. The minimum atomic E-state index is 0.0974. The van der Waals surface area contributed by atoms with Crippen LogP contribution in [-0.2, 0) is 4.74 Å². The third-order valence-corrected chi connectivity index (χ3v) is 4.99. The number of halogens is 2. The largest absolute Gasteiger partial charge is 0.371 e. The first kappa shape index (κ1) is 15.8. The Balaban J connectivity index is 2.06. The molecule has 2 atom stereocenters. The average molecular weight is 336 g/mol. The van der Waals surface area contributed by atoms with E-state index < -0.39 is 0 Å². The second-order valence-corrected chi connectivity index (χ2v) is 6.50. The summed E-state index contributed by atoms with van der Waals surface area (Å²) < 4.78 is 6.12. The maximum atomic E-state index is 6.19. The van der Waals surface area contributed by atoms with E-state index in [2.05, 4.69) is 30.4 Å². The van der Waals surface area contributed by atoms with Crippen LogP contribution in [0.2, 0.25) is 10.0 Å². The Morgan fingerprint density at radius 1 is 1.18 bits per heavy atom. The SMILES string of the molecule is CNCC1OCC(c2ccc(Cl)c(Cl)c2)c2cccc(C)c21. The first-order valence-electron chi connectivity index (χ1n) is 7.42. The highest BCUT2D eigenvalue weighted by molar-refractivity contribution is 6.42. The molecular formula is C18H19Cl2NO. The Kier molecular flexibility index (Phi) is 4.74. The molecule has 4 heteroatoms. The molecule has 0 aliphatic carbocycles. The van der Waals surface area contributed by atoms with Crippen molar-refractivity contribution in [1.29, 1.82) is 0 Å². The summed E-state index contributed by atoms with van der Waals surface area (Å²) in [6.07, 6.45) is 0.0974. The van der Waals surface area contributed by atoms with Crippen LogP contribution in [-0.4, -0.2) is 20.2 Å². The molecule has 0 bridgehead atoms. The second-order valence-electron chi connectivity index (χ2n) is 5.68. The van der Waals surface area contributed by atoms with E-state index in [0.29, 0.717) is 16.7 Å². The summed E-state index contributed by atoms with van der Waals surface area (Å²) in [6.45, 7) is 3.61. The molecule has 0 saturated carbocycles. The molecule has 22 heavy (non-hydrogen) atoms. The number of likely N-dealkylation sites (N-methyl/N-ethyl adjacent to an activating group) is 1. The molecule has 0 spiro atoms. The zero-order valence-electron chi connectivity index (χ0n) is 12.7. The fourth-order valence-electron chi connectivity index (χ4n) is 3.18. The molecule has 116 valence electrons.